The molecule has 0 bridgehead atoms. The molecule has 0 aliphatic carbocycles. The molecule has 1 saturated heterocycles. The molecule has 2 heterocycles. The van der Waals surface area contributed by atoms with Gasteiger partial charge >= 0.3 is 11.8 Å². The van der Waals surface area contributed by atoms with Crippen molar-refractivity contribution in [2.75, 3.05) is 26.2 Å². The standard InChI is InChI=1S/C12H17N3O3/c1-2-14-5-6-15(12(17)11(14)16)9(8-13)10-4-3-7-18-10/h3-4,7,9H,2,5-6,8,13H2,1H3. The number of rotatable bonds is 4. The molecule has 1 fully saturated rings. The van der Waals surface area contributed by atoms with Crippen LogP contribution in [-0.4, -0.2) is 47.8 Å². The van der Waals surface area contributed by atoms with Crippen LogP contribution in [0, 0.1) is 0 Å². The predicted molar refractivity (Wildman–Crippen MR) is 64.5 cm³/mol. The average Bonchev–Trinajstić information content (AvgIpc) is 2.89. The quantitative estimate of drug-likeness (QED) is 0.762. The Morgan fingerprint density at radius 1 is 1.39 bits per heavy atom. The zero-order chi connectivity index (χ0) is 13.1. The lowest BCUT2D eigenvalue weighted by molar-refractivity contribution is -0.157. The number of nitrogens with two attached hydrogens (primary N) is 1. The van der Waals surface area contributed by atoms with E-state index in [1.165, 1.54) is 16.1 Å². The van der Waals surface area contributed by atoms with Crippen LogP contribution in [0.1, 0.15) is 18.7 Å². The largest absolute Gasteiger partial charge is 0.467 e. The van der Waals surface area contributed by atoms with Gasteiger partial charge in [0.2, 0.25) is 0 Å². The van der Waals surface area contributed by atoms with E-state index in [-0.39, 0.29) is 12.6 Å². The van der Waals surface area contributed by atoms with Gasteiger partial charge in [0.25, 0.3) is 0 Å². The minimum Gasteiger partial charge on any atom is -0.467 e. The molecule has 1 atom stereocenters. The molecule has 2 rings (SSSR count). The van der Waals surface area contributed by atoms with Crippen LogP contribution >= 0.6 is 0 Å². The zero-order valence-corrected chi connectivity index (χ0v) is 10.3. The molecule has 2 N–H and O–H groups in total. The second kappa shape index (κ2) is 5.22. The van der Waals surface area contributed by atoms with E-state index in [0.717, 1.165) is 0 Å². The number of piperazine rings is 1. The van der Waals surface area contributed by atoms with Gasteiger partial charge in [0.05, 0.1) is 6.26 Å². The molecule has 1 unspecified atom stereocenters. The highest BCUT2D eigenvalue weighted by Gasteiger charge is 2.36. The van der Waals surface area contributed by atoms with Gasteiger partial charge in [-0.3, -0.25) is 9.59 Å². The number of furan rings is 1. The maximum absolute atomic E-state index is 12.0. The van der Waals surface area contributed by atoms with Crippen molar-refractivity contribution in [3.8, 4) is 0 Å². The number of hydrogen-bond donors (Lipinski definition) is 1. The van der Waals surface area contributed by atoms with Crippen molar-refractivity contribution in [1.82, 2.24) is 9.80 Å². The van der Waals surface area contributed by atoms with Crippen LogP contribution in [0.25, 0.3) is 0 Å². The van der Waals surface area contributed by atoms with E-state index in [4.69, 9.17) is 10.2 Å². The van der Waals surface area contributed by atoms with Gasteiger partial charge in [0, 0.05) is 26.2 Å². The topological polar surface area (TPSA) is 79.8 Å². The van der Waals surface area contributed by atoms with E-state index in [0.29, 0.717) is 25.4 Å². The highest BCUT2D eigenvalue weighted by Crippen LogP contribution is 2.22. The van der Waals surface area contributed by atoms with Crippen LogP contribution < -0.4 is 5.73 Å². The monoisotopic (exact) mass is 251 g/mol. The molecule has 0 spiro atoms. The number of nitrogens with zero attached hydrogens (tertiary/aromatic N) is 2. The lowest BCUT2D eigenvalue weighted by Crippen LogP contribution is -2.55. The second-order valence-corrected chi connectivity index (χ2v) is 4.15. The molecular weight excluding hydrogens is 234 g/mol. The third-order valence-electron chi connectivity index (χ3n) is 3.19. The van der Waals surface area contributed by atoms with Gasteiger partial charge in [0.1, 0.15) is 11.8 Å². The molecule has 18 heavy (non-hydrogen) atoms. The van der Waals surface area contributed by atoms with E-state index in [1.54, 1.807) is 12.1 Å². The van der Waals surface area contributed by atoms with Crippen LogP contribution in [-0.2, 0) is 9.59 Å². The van der Waals surface area contributed by atoms with E-state index in [9.17, 15) is 9.59 Å². The lowest BCUT2D eigenvalue weighted by Gasteiger charge is -2.36. The van der Waals surface area contributed by atoms with E-state index in [1.807, 2.05) is 6.92 Å². The van der Waals surface area contributed by atoms with Crippen molar-refractivity contribution in [2.45, 2.75) is 13.0 Å². The van der Waals surface area contributed by atoms with Gasteiger partial charge in [-0.1, -0.05) is 0 Å². The van der Waals surface area contributed by atoms with Gasteiger partial charge < -0.3 is 20.0 Å². The third-order valence-corrected chi connectivity index (χ3v) is 3.19. The minimum absolute atomic E-state index is 0.235. The molecule has 6 nitrogen and oxygen atoms in total. The summed E-state index contributed by atoms with van der Waals surface area (Å²) in [5.41, 5.74) is 5.69. The average molecular weight is 251 g/mol. The molecule has 1 aromatic rings. The fourth-order valence-corrected chi connectivity index (χ4v) is 2.17. The minimum atomic E-state index is -0.505. The first-order valence-electron chi connectivity index (χ1n) is 6.02. The molecular formula is C12H17N3O3. The normalized spacial score (nSPS) is 18.3. The fourth-order valence-electron chi connectivity index (χ4n) is 2.17. The van der Waals surface area contributed by atoms with Crippen molar-refractivity contribution in [3.63, 3.8) is 0 Å². The Balaban J connectivity index is 2.18. The van der Waals surface area contributed by atoms with E-state index < -0.39 is 11.8 Å². The Kier molecular flexibility index (Phi) is 3.66. The Morgan fingerprint density at radius 3 is 2.72 bits per heavy atom. The highest BCUT2D eigenvalue weighted by atomic mass is 16.3. The first-order valence-corrected chi connectivity index (χ1v) is 6.02. The second-order valence-electron chi connectivity index (χ2n) is 4.15. The van der Waals surface area contributed by atoms with Crippen molar-refractivity contribution in [3.05, 3.63) is 24.2 Å². The van der Waals surface area contributed by atoms with Crippen molar-refractivity contribution in [1.29, 1.82) is 0 Å². The van der Waals surface area contributed by atoms with Crippen molar-refractivity contribution < 1.29 is 14.0 Å². The Hall–Kier alpha value is -1.82. The third kappa shape index (κ3) is 2.11. The number of hydrogen-bond acceptors (Lipinski definition) is 4. The van der Waals surface area contributed by atoms with Crippen molar-refractivity contribution >= 4 is 11.8 Å². The SMILES string of the molecule is CCN1CCN(C(CN)c2ccco2)C(=O)C1=O. The maximum Gasteiger partial charge on any atom is 0.312 e. The Labute approximate surface area is 105 Å². The number of amides is 2. The van der Waals surface area contributed by atoms with Gasteiger partial charge in [-0.05, 0) is 19.1 Å². The molecule has 0 aromatic carbocycles. The molecule has 1 aliphatic rings. The summed E-state index contributed by atoms with van der Waals surface area (Å²) in [6.07, 6.45) is 1.53. The smallest absolute Gasteiger partial charge is 0.312 e. The van der Waals surface area contributed by atoms with E-state index >= 15 is 0 Å². The van der Waals surface area contributed by atoms with Crippen LogP contribution in [0.2, 0.25) is 0 Å². The van der Waals surface area contributed by atoms with Gasteiger partial charge in [-0.15, -0.1) is 0 Å². The van der Waals surface area contributed by atoms with E-state index in [2.05, 4.69) is 0 Å². The molecule has 0 radical (unpaired) electrons. The van der Waals surface area contributed by atoms with Gasteiger partial charge in [0.15, 0.2) is 0 Å². The Bertz CT molecular complexity index is 430. The summed E-state index contributed by atoms with van der Waals surface area (Å²) in [4.78, 5) is 26.9. The summed E-state index contributed by atoms with van der Waals surface area (Å²) >= 11 is 0. The summed E-state index contributed by atoms with van der Waals surface area (Å²) in [6.45, 7) is 3.66. The van der Waals surface area contributed by atoms with Crippen LogP contribution in [0.5, 0.6) is 0 Å². The molecule has 1 aliphatic heterocycles. The van der Waals surface area contributed by atoms with Crippen molar-refractivity contribution in [2.24, 2.45) is 5.73 Å². The summed E-state index contributed by atoms with van der Waals surface area (Å²) < 4.78 is 5.28. The van der Waals surface area contributed by atoms with Crippen LogP contribution in [0.3, 0.4) is 0 Å². The maximum atomic E-state index is 12.0. The summed E-state index contributed by atoms with van der Waals surface area (Å²) in [5.74, 6) is -0.354. The summed E-state index contributed by atoms with van der Waals surface area (Å²) in [7, 11) is 0. The van der Waals surface area contributed by atoms with Crippen LogP contribution in [0.4, 0.5) is 0 Å². The molecule has 6 heteroatoms. The zero-order valence-electron chi connectivity index (χ0n) is 10.3. The first kappa shape index (κ1) is 12.6. The van der Waals surface area contributed by atoms with Crippen LogP contribution in [0.15, 0.2) is 22.8 Å². The Morgan fingerprint density at radius 2 is 2.17 bits per heavy atom. The van der Waals surface area contributed by atoms with Gasteiger partial charge in [-0.25, -0.2) is 0 Å². The molecule has 98 valence electrons. The predicted octanol–water partition coefficient (Wildman–Crippen LogP) is -0.0299. The number of carbonyl (C=O) groups excluding carboxylic acids is 2. The van der Waals surface area contributed by atoms with Gasteiger partial charge in [-0.2, -0.15) is 0 Å². The lowest BCUT2D eigenvalue weighted by atomic mass is 10.1. The summed E-state index contributed by atoms with van der Waals surface area (Å²) in [6, 6.07) is 3.14. The number of likely N-dealkylation sites (N-methyl/N-ethyl adjacent to an activating group) is 1. The fraction of sp³-hybridized carbons (Fsp3) is 0.500. The highest BCUT2D eigenvalue weighted by molar-refractivity contribution is 6.35. The first-order chi connectivity index (χ1) is 8.69. The number of carbonyl (C=O) groups is 2. The summed E-state index contributed by atoms with van der Waals surface area (Å²) in [5, 5.41) is 0. The molecule has 2 amide bonds. The molecule has 1 aromatic heterocycles. The molecule has 0 saturated carbocycles.